The molecular weight excluding hydrogens is 1660 g/mol. The first-order valence-corrected chi connectivity index (χ1v) is 41.9. The highest BCUT2D eigenvalue weighted by Gasteiger charge is 2.76. The summed E-state index contributed by atoms with van der Waals surface area (Å²) in [7, 11) is 12.9. The molecule has 0 spiro atoms. The number of allylic oxidation sites excluding steroid dienone is 4. The molecule has 9 rings (SSSR count). The Hall–Kier alpha value is -12.0. The number of carboxylic acids is 1. The molecule has 6 N–H and O–H groups in total. The summed E-state index contributed by atoms with van der Waals surface area (Å²) in [6.45, 7) is 0.773. The van der Waals surface area contributed by atoms with Gasteiger partial charge in [-0.25, -0.2) is 9.29 Å². The second kappa shape index (κ2) is 41.4. The second-order valence-electron chi connectivity index (χ2n) is 33.7. The summed E-state index contributed by atoms with van der Waals surface area (Å²) in [5.41, 5.74) is -0.150. The minimum absolute atomic E-state index is 0.000689. The van der Waals surface area contributed by atoms with Gasteiger partial charge in [0.2, 0.25) is 76.8 Å². The van der Waals surface area contributed by atoms with Crippen molar-refractivity contribution in [1.82, 2.24) is 59.6 Å². The van der Waals surface area contributed by atoms with Gasteiger partial charge < -0.3 is 94.5 Å². The molecule has 0 radical (unpaired) electrons. The van der Waals surface area contributed by atoms with E-state index in [1.54, 1.807) is 30.4 Å². The fourth-order valence-electron chi connectivity index (χ4n) is 17.0. The smallest absolute Gasteiger partial charge is 0.323 e. The number of hydrogen-bond donors (Lipinski definition) is 6. The number of carbonyl (C=O) groups excluding carboxylic acids is 17. The van der Waals surface area contributed by atoms with Crippen molar-refractivity contribution in [3.05, 3.63) is 111 Å². The highest BCUT2D eigenvalue weighted by atomic mass is 32.1. The molecule has 15 amide bonds. The van der Waals surface area contributed by atoms with E-state index in [1.807, 2.05) is 30.5 Å². The van der Waals surface area contributed by atoms with Crippen LogP contribution in [0.3, 0.4) is 0 Å². The van der Waals surface area contributed by atoms with E-state index in [4.69, 9.17) is 19.3 Å². The fourth-order valence-corrected chi connectivity index (χ4v) is 17.9. The lowest BCUT2D eigenvalue weighted by Gasteiger charge is -2.59. The van der Waals surface area contributed by atoms with Gasteiger partial charge in [0.25, 0.3) is 11.8 Å². The second-order valence-corrected chi connectivity index (χ2v) is 34.6. The molecule has 38 nitrogen and oxygen atoms in total. The van der Waals surface area contributed by atoms with Gasteiger partial charge >= 0.3 is 5.97 Å². The molecule has 1 saturated heterocycles. The van der Waals surface area contributed by atoms with Gasteiger partial charge in [-0.2, -0.15) is 0 Å². The average molecular weight is 1780 g/mol. The topological polar surface area (TPSA) is 467 Å². The number of aliphatic hydroxyl groups is 2. The van der Waals surface area contributed by atoms with E-state index in [2.05, 4.69) is 22.9 Å². The van der Waals surface area contributed by atoms with Crippen molar-refractivity contribution in [2.24, 2.45) is 28.6 Å². The van der Waals surface area contributed by atoms with Crippen molar-refractivity contribution in [3.8, 4) is 5.75 Å². The Bertz CT molecular complexity index is 4880. The number of aliphatic hydroxyl groups excluding tert-OH is 2. The van der Waals surface area contributed by atoms with Crippen molar-refractivity contribution >= 4 is 129 Å². The van der Waals surface area contributed by atoms with Gasteiger partial charge in [0, 0.05) is 124 Å². The quantitative estimate of drug-likeness (QED) is 0.0321. The number of ketones is 2. The van der Waals surface area contributed by atoms with Gasteiger partial charge in [0.1, 0.15) is 36.8 Å². The molecular formula is C86H111FN14O24S. The Morgan fingerprint density at radius 2 is 1.11 bits per heavy atom. The molecule has 0 bridgehead atoms. The number of amides is 15. The summed E-state index contributed by atoms with van der Waals surface area (Å²) in [6.07, 6.45) is 6.45. The van der Waals surface area contributed by atoms with E-state index < -0.39 is 231 Å². The molecule has 126 heavy (non-hydrogen) atoms. The van der Waals surface area contributed by atoms with Crippen molar-refractivity contribution < 1.29 is 120 Å². The molecule has 3 heterocycles. The Balaban J connectivity index is 0.676. The van der Waals surface area contributed by atoms with Crippen LogP contribution in [0.1, 0.15) is 100 Å². The Morgan fingerprint density at radius 1 is 0.619 bits per heavy atom. The summed E-state index contributed by atoms with van der Waals surface area (Å²) in [4.78, 5) is 245. The number of nitrogens with zero attached hydrogens (tertiary/aromatic N) is 11. The van der Waals surface area contributed by atoms with Crippen LogP contribution in [0.15, 0.2) is 83.8 Å². The molecule has 4 aliphatic carbocycles. The lowest BCUT2D eigenvalue weighted by atomic mass is 9.46. The number of hydrogen-bond acceptors (Lipinski definition) is 24. The maximum absolute atomic E-state index is 15.9. The maximum Gasteiger partial charge on any atom is 0.323 e. The third-order valence-corrected chi connectivity index (χ3v) is 25.4. The molecule has 6 aliphatic rings. The molecule has 4 fully saturated rings. The summed E-state index contributed by atoms with van der Waals surface area (Å²) >= 11 is 1.39. The van der Waals surface area contributed by atoms with Crippen LogP contribution in [-0.4, -0.2) is 349 Å². The lowest BCUT2D eigenvalue weighted by molar-refractivity contribution is -0.200. The van der Waals surface area contributed by atoms with Gasteiger partial charge in [-0.1, -0.05) is 37.6 Å². The number of carbonyl (C=O) groups is 18. The van der Waals surface area contributed by atoms with Crippen LogP contribution >= 0.6 is 11.3 Å². The number of aliphatic carboxylic acids is 1. The third-order valence-electron chi connectivity index (χ3n) is 24.4. The van der Waals surface area contributed by atoms with Crippen LogP contribution in [0, 0.1) is 34.4 Å². The number of thiophene rings is 1. The highest BCUT2D eigenvalue weighted by molar-refractivity contribution is 7.10. The SMILES string of the molecule is C[C@H](NC(=O)CCc1cc(F)c(N2C(=O)C=CC2=O)cc1OCCCC(=O)N(C)CC(=O)N(C)CC(=O)N(C)CC(=O)N(C)CC(=O)N(C)CC(=O)N(C)CC(=O)N(C)CC(=O)N(C)CC(=O)N(C)CC(=O)N(C)CC(=O)O)C(=O)N[C@@H](C)C(=O)Nc1cccc(Cc2csc([C@@H]3O[C@@H]4C[C@H]5[C@@H]6CCC7=CC(=O)C=C[C@]7(C)[C@H]6[C@@H](O)C[C@]5(C)[C@]4(C(=O)CO)O3)c2)c1. The molecule has 3 saturated carbocycles. The number of nitrogens with one attached hydrogen (secondary N) is 3. The van der Waals surface area contributed by atoms with E-state index in [-0.39, 0.29) is 73.6 Å². The molecule has 0 unspecified atom stereocenters. The Morgan fingerprint density at radius 3 is 1.61 bits per heavy atom. The molecule has 1 aromatic heterocycles. The monoisotopic (exact) mass is 1770 g/mol. The number of benzene rings is 2. The van der Waals surface area contributed by atoms with Crippen molar-refractivity contribution in [2.45, 2.75) is 122 Å². The Labute approximate surface area is 731 Å². The van der Waals surface area contributed by atoms with Crippen LogP contribution in [0.5, 0.6) is 5.75 Å². The molecule has 682 valence electrons. The molecule has 2 aliphatic heterocycles. The zero-order chi connectivity index (χ0) is 93.0. The summed E-state index contributed by atoms with van der Waals surface area (Å²) < 4.78 is 35.4. The van der Waals surface area contributed by atoms with E-state index >= 15 is 4.39 Å². The summed E-state index contributed by atoms with van der Waals surface area (Å²) in [6, 6.07) is 8.81. The summed E-state index contributed by atoms with van der Waals surface area (Å²) in [5.74, 6) is -13.4. The van der Waals surface area contributed by atoms with Gasteiger partial charge in [0.15, 0.2) is 23.5 Å². The lowest BCUT2D eigenvalue weighted by Crippen LogP contribution is -2.63. The average Bonchev–Trinajstić information content (AvgIpc) is 1.47. The van der Waals surface area contributed by atoms with Gasteiger partial charge in [-0.05, 0) is 129 Å². The number of imide groups is 1. The number of Topliss-reactive ketones (excluding diaryl/α,β-unsaturated/α-hetero) is 1. The van der Waals surface area contributed by atoms with Crippen LogP contribution in [-0.2, 0) is 109 Å². The van der Waals surface area contributed by atoms with Gasteiger partial charge in [-0.3, -0.25) is 86.3 Å². The normalized spacial score (nSPS) is 21.6. The number of aryl methyl sites for hydroxylation is 1. The van der Waals surface area contributed by atoms with Crippen LogP contribution in [0.2, 0.25) is 0 Å². The molecule has 40 heteroatoms. The zero-order valence-corrected chi connectivity index (χ0v) is 73.9. The predicted octanol–water partition coefficient (Wildman–Crippen LogP) is -0.0815. The van der Waals surface area contributed by atoms with Gasteiger partial charge in [0.05, 0.1) is 88.3 Å². The van der Waals surface area contributed by atoms with E-state index in [1.165, 1.54) is 95.7 Å². The van der Waals surface area contributed by atoms with Crippen molar-refractivity contribution in [1.29, 1.82) is 0 Å². The largest absolute Gasteiger partial charge is 0.493 e. The number of rotatable bonds is 39. The number of anilines is 2. The van der Waals surface area contributed by atoms with E-state index in [9.17, 15) is 96.5 Å². The number of carboxylic acid groups (broad SMARTS) is 1. The molecule has 3 aromatic rings. The molecule has 11 atom stereocenters. The van der Waals surface area contributed by atoms with Crippen molar-refractivity contribution in [2.75, 3.05) is 159 Å². The first-order chi connectivity index (χ1) is 59.2. The van der Waals surface area contributed by atoms with E-state index in [0.29, 0.717) is 34.7 Å². The highest BCUT2D eigenvalue weighted by Crippen LogP contribution is 2.70. The van der Waals surface area contributed by atoms with Gasteiger partial charge in [-0.15, -0.1) is 11.3 Å². The third kappa shape index (κ3) is 22.8. The minimum atomic E-state index is -1.52. The first-order valence-electron chi connectivity index (χ1n) is 41.0. The Kier molecular flexibility index (Phi) is 32.1. The summed E-state index contributed by atoms with van der Waals surface area (Å²) in [5, 5.41) is 41.4. The van der Waals surface area contributed by atoms with Crippen LogP contribution in [0.25, 0.3) is 0 Å². The number of likely N-dealkylation sites (N-methyl/N-ethyl adjacent to an activating group) is 10. The number of ether oxygens (including phenoxy) is 3. The molecule has 2 aromatic carbocycles. The zero-order valence-electron chi connectivity index (χ0n) is 73.1. The standard InChI is InChI=1S/C86H111FN14O24S/c1-49(81(121)89-50(2)82(122)90-55-18-15-17-51(30-55)29-52-31-63(126-48-52)83-124-65-34-58-57-22-21-54-33-56(103)26-27-84(54,3)80(57)61(104)36-85(58,4)86(65,125-83)64(105)47-102)88-66(106)23-20-53-32-59(87)60(101-68(108)24-25-69(101)109)35-62(53)123-28-16-19-67(107)91(5)37-70(110)92(6)38-71(111)93(7)39-72(112)94(8)40-73(113)95(9)41-74(114)96(10)42-75(115)97(11)43-76(116)98(12)44-77(117)99(13)45-78(118)100(14)46-79(119)120/h15,17-18,24-27,30-33,35,48-50,57-58,61,65,80,83,102,104H,16,19-23,28-29,34,36-47H2,1-14H3,(H,88,106)(H,89,121)(H,90,122)(H,119,120)/t49-,50-,57-,58-,61-,65+,80+,83+,84-,85-,86+/m0/s1. The first kappa shape index (κ1) is 97.8. The fraction of sp³-hybridized carbons (Fsp3) is 0.535. The van der Waals surface area contributed by atoms with Crippen LogP contribution < -0.4 is 25.6 Å². The number of fused-ring (bicyclic) bond motifs is 7. The van der Waals surface area contributed by atoms with Crippen LogP contribution in [0.4, 0.5) is 15.8 Å². The maximum atomic E-state index is 15.9. The predicted molar refractivity (Wildman–Crippen MR) is 449 cm³/mol. The minimum Gasteiger partial charge on any atom is -0.493 e. The van der Waals surface area contributed by atoms with Crippen molar-refractivity contribution in [3.63, 3.8) is 0 Å². The number of halogens is 1. The van der Waals surface area contributed by atoms with E-state index in [0.717, 1.165) is 96.4 Å².